The van der Waals surface area contributed by atoms with Crippen molar-refractivity contribution in [1.29, 1.82) is 0 Å². The largest absolute Gasteiger partial charge is 0.311 e. The van der Waals surface area contributed by atoms with E-state index in [1.807, 2.05) is 6.07 Å². The standard InChI is InChI=1S/C8H11NO2S/c1-12(10,11)8(9)7-5-3-2-4-6-7/h2-6,8H,9H2,1H3/t8-/m0/s1. The fourth-order valence-electron chi connectivity index (χ4n) is 0.890. The van der Waals surface area contributed by atoms with Gasteiger partial charge < -0.3 is 5.73 Å². The lowest BCUT2D eigenvalue weighted by atomic mass is 10.2. The molecule has 0 aliphatic carbocycles. The van der Waals surface area contributed by atoms with Crippen LogP contribution in [0.15, 0.2) is 30.3 Å². The third kappa shape index (κ3) is 2.06. The van der Waals surface area contributed by atoms with Gasteiger partial charge in [0.25, 0.3) is 0 Å². The maximum Gasteiger partial charge on any atom is 0.167 e. The molecule has 4 heteroatoms. The summed E-state index contributed by atoms with van der Waals surface area (Å²) in [5.41, 5.74) is 6.11. The Morgan fingerprint density at radius 2 is 1.75 bits per heavy atom. The van der Waals surface area contributed by atoms with Crippen LogP contribution in [0.5, 0.6) is 0 Å². The van der Waals surface area contributed by atoms with Gasteiger partial charge in [0.2, 0.25) is 0 Å². The lowest BCUT2D eigenvalue weighted by Crippen LogP contribution is -2.20. The molecule has 0 radical (unpaired) electrons. The molecular formula is C8H11NO2S. The smallest absolute Gasteiger partial charge is 0.167 e. The summed E-state index contributed by atoms with van der Waals surface area (Å²) in [4.78, 5) is 0. The number of hydrogen-bond donors (Lipinski definition) is 1. The number of benzene rings is 1. The molecule has 0 bridgehead atoms. The number of sulfone groups is 1. The highest BCUT2D eigenvalue weighted by molar-refractivity contribution is 7.90. The van der Waals surface area contributed by atoms with E-state index in [4.69, 9.17) is 5.73 Å². The van der Waals surface area contributed by atoms with Crippen LogP contribution in [0.3, 0.4) is 0 Å². The van der Waals surface area contributed by atoms with Crippen molar-refractivity contribution in [3.8, 4) is 0 Å². The average molecular weight is 185 g/mol. The molecule has 66 valence electrons. The average Bonchev–Trinajstić information content (AvgIpc) is 2.03. The molecule has 0 unspecified atom stereocenters. The van der Waals surface area contributed by atoms with Crippen molar-refractivity contribution in [2.45, 2.75) is 5.37 Å². The van der Waals surface area contributed by atoms with Gasteiger partial charge in [-0.25, -0.2) is 8.42 Å². The van der Waals surface area contributed by atoms with E-state index < -0.39 is 15.2 Å². The maximum absolute atomic E-state index is 11.0. The maximum atomic E-state index is 11.0. The van der Waals surface area contributed by atoms with Crippen LogP contribution in [0.4, 0.5) is 0 Å². The van der Waals surface area contributed by atoms with Gasteiger partial charge in [0.1, 0.15) is 5.37 Å². The second kappa shape index (κ2) is 3.25. The first-order chi connectivity index (χ1) is 5.52. The van der Waals surface area contributed by atoms with Crippen LogP contribution in [0.2, 0.25) is 0 Å². The van der Waals surface area contributed by atoms with Crippen LogP contribution in [0.25, 0.3) is 0 Å². The summed E-state index contributed by atoms with van der Waals surface area (Å²) in [7, 11) is -3.18. The molecule has 2 N–H and O–H groups in total. The molecule has 0 aromatic heterocycles. The molecule has 3 nitrogen and oxygen atoms in total. The fourth-order valence-corrected chi connectivity index (χ4v) is 1.54. The van der Waals surface area contributed by atoms with Crippen molar-refractivity contribution in [1.82, 2.24) is 0 Å². The Hall–Kier alpha value is -0.870. The van der Waals surface area contributed by atoms with Crippen LogP contribution in [-0.2, 0) is 9.84 Å². The Kier molecular flexibility index (Phi) is 2.49. The van der Waals surface area contributed by atoms with Crippen LogP contribution in [-0.4, -0.2) is 14.7 Å². The highest BCUT2D eigenvalue weighted by Gasteiger charge is 2.16. The van der Waals surface area contributed by atoms with Crippen LogP contribution in [0.1, 0.15) is 10.9 Å². The Morgan fingerprint density at radius 1 is 1.25 bits per heavy atom. The highest BCUT2D eigenvalue weighted by Crippen LogP contribution is 2.14. The molecule has 0 spiro atoms. The molecule has 1 rings (SSSR count). The minimum absolute atomic E-state index is 0.625. The van der Waals surface area contributed by atoms with E-state index in [9.17, 15) is 8.42 Å². The molecule has 0 amide bonds. The third-order valence-electron chi connectivity index (χ3n) is 1.59. The first kappa shape index (κ1) is 9.22. The molecule has 1 atom stereocenters. The van der Waals surface area contributed by atoms with Gasteiger partial charge in [0, 0.05) is 6.26 Å². The van der Waals surface area contributed by atoms with Crippen LogP contribution >= 0.6 is 0 Å². The number of hydrogen-bond acceptors (Lipinski definition) is 3. The van der Waals surface area contributed by atoms with E-state index in [0.29, 0.717) is 5.56 Å². The zero-order valence-electron chi connectivity index (χ0n) is 6.77. The zero-order valence-corrected chi connectivity index (χ0v) is 7.58. The summed E-state index contributed by atoms with van der Waals surface area (Å²) in [5, 5.41) is -0.904. The van der Waals surface area contributed by atoms with Gasteiger partial charge >= 0.3 is 0 Å². The lowest BCUT2D eigenvalue weighted by Gasteiger charge is -2.08. The molecule has 12 heavy (non-hydrogen) atoms. The summed E-state index contributed by atoms with van der Waals surface area (Å²) in [6, 6.07) is 8.75. The SMILES string of the molecule is CS(=O)(=O)[C@H](N)c1ccccc1. The second-order valence-corrected chi connectivity index (χ2v) is 4.83. The molecule has 0 saturated carbocycles. The third-order valence-corrected chi connectivity index (χ3v) is 2.78. The van der Waals surface area contributed by atoms with Gasteiger partial charge in [0.15, 0.2) is 9.84 Å². The molecule has 0 heterocycles. The predicted molar refractivity (Wildman–Crippen MR) is 48.2 cm³/mol. The monoisotopic (exact) mass is 185 g/mol. The number of rotatable bonds is 2. The first-order valence-corrected chi connectivity index (χ1v) is 5.46. The second-order valence-electron chi connectivity index (χ2n) is 2.66. The molecule has 0 fully saturated rings. The minimum Gasteiger partial charge on any atom is -0.311 e. The summed E-state index contributed by atoms with van der Waals surface area (Å²) in [6.45, 7) is 0. The summed E-state index contributed by atoms with van der Waals surface area (Å²) in [5.74, 6) is 0. The molecule has 1 aromatic rings. The van der Waals surface area contributed by atoms with Gasteiger partial charge in [-0.1, -0.05) is 30.3 Å². The van der Waals surface area contributed by atoms with Gasteiger partial charge in [-0.3, -0.25) is 0 Å². The van der Waals surface area contributed by atoms with E-state index in [2.05, 4.69) is 0 Å². The van der Waals surface area contributed by atoms with E-state index in [1.54, 1.807) is 24.3 Å². The lowest BCUT2D eigenvalue weighted by molar-refractivity contribution is 0.590. The van der Waals surface area contributed by atoms with Crippen LogP contribution in [0, 0.1) is 0 Å². The van der Waals surface area contributed by atoms with Crippen molar-refractivity contribution < 1.29 is 8.42 Å². The Balaban J connectivity index is 3.02. The summed E-state index contributed by atoms with van der Waals surface area (Å²) < 4.78 is 22.0. The minimum atomic E-state index is -3.18. The van der Waals surface area contributed by atoms with Gasteiger partial charge in [-0.05, 0) is 5.56 Å². The topological polar surface area (TPSA) is 60.2 Å². The van der Waals surface area contributed by atoms with E-state index >= 15 is 0 Å². The van der Waals surface area contributed by atoms with E-state index in [1.165, 1.54) is 0 Å². The van der Waals surface area contributed by atoms with Gasteiger partial charge in [-0.15, -0.1) is 0 Å². The molecular weight excluding hydrogens is 174 g/mol. The quantitative estimate of drug-likeness (QED) is 0.737. The van der Waals surface area contributed by atoms with Gasteiger partial charge in [0.05, 0.1) is 0 Å². The first-order valence-electron chi connectivity index (χ1n) is 3.51. The molecule has 1 aromatic carbocycles. The zero-order chi connectivity index (χ0) is 9.19. The van der Waals surface area contributed by atoms with Crippen LogP contribution < -0.4 is 5.73 Å². The summed E-state index contributed by atoms with van der Waals surface area (Å²) >= 11 is 0. The molecule has 0 saturated heterocycles. The summed E-state index contributed by atoms with van der Waals surface area (Å²) in [6.07, 6.45) is 1.13. The van der Waals surface area contributed by atoms with Crippen molar-refractivity contribution in [3.63, 3.8) is 0 Å². The van der Waals surface area contributed by atoms with Gasteiger partial charge in [-0.2, -0.15) is 0 Å². The van der Waals surface area contributed by atoms with Crippen molar-refractivity contribution >= 4 is 9.84 Å². The number of nitrogens with two attached hydrogens (primary N) is 1. The molecule has 0 aliphatic heterocycles. The Labute approximate surface area is 72.1 Å². The van der Waals surface area contributed by atoms with E-state index in [0.717, 1.165) is 6.26 Å². The predicted octanol–water partition coefficient (Wildman–Crippen LogP) is 0.688. The van der Waals surface area contributed by atoms with Crippen molar-refractivity contribution in [2.75, 3.05) is 6.26 Å². The normalized spacial score (nSPS) is 14.2. The Bertz CT molecular complexity index is 345. The fraction of sp³-hybridized carbons (Fsp3) is 0.250. The van der Waals surface area contributed by atoms with Crippen molar-refractivity contribution in [2.24, 2.45) is 5.73 Å². The van der Waals surface area contributed by atoms with E-state index in [-0.39, 0.29) is 0 Å². The highest BCUT2D eigenvalue weighted by atomic mass is 32.2. The Morgan fingerprint density at radius 3 is 2.17 bits per heavy atom. The van der Waals surface area contributed by atoms with Crippen molar-refractivity contribution in [3.05, 3.63) is 35.9 Å². The molecule has 0 aliphatic rings.